The van der Waals surface area contributed by atoms with Crippen molar-refractivity contribution in [3.05, 3.63) is 53.6 Å². The van der Waals surface area contributed by atoms with Gasteiger partial charge in [-0.1, -0.05) is 12.1 Å². The van der Waals surface area contributed by atoms with Crippen LogP contribution in [0.5, 0.6) is 5.75 Å². The number of rotatable bonds is 7. The highest BCUT2D eigenvalue weighted by Gasteiger charge is 2.16. The molecule has 2 amide bonds. The molecule has 3 N–H and O–H groups in total. The third kappa shape index (κ3) is 5.31. The molecule has 0 bridgehead atoms. The number of carbonyl (C=O) groups is 2. The minimum absolute atomic E-state index is 0.0976. The number of quaternary nitrogens is 1. The number of amides is 2. The highest BCUT2D eigenvalue weighted by molar-refractivity contribution is 5.93. The molecule has 0 spiro atoms. The quantitative estimate of drug-likeness (QED) is 0.689. The fourth-order valence-electron chi connectivity index (χ4n) is 3.37. The number of carbonyl (C=O) groups excluding carboxylic acids is 2. The molecule has 2 aromatic carbocycles. The van der Waals surface area contributed by atoms with Crippen LogP contribution in [0.3, 0.4) is 0 Å². The number of methoxy groups -OCH3 is 1. The highest BCUT2D eigenvalue weighted by atomic mass is 16.5. The van der Waals surface area contributed by atoms with Crippen molar-refractivity contribution >= 4 is 23.2 Å². The summed E-state index contributed by atoms with van der Waals surface area (Å²) in [7, 11) is 3.41. The van der Waals surface area contributed by atoms with Crippen molar-refractivity contribution in [1.82, 2.24) is 0 Å². The zero-order valence-corrected chi connectivity index (χ0v) is 15.8. The Hall–Kier alpha value is -2.86. The number of hydrogen-bond donors (Lipinski definition) is 3. The normalized spacial score (nSPS) is 13.6. The molecule has 0 radical (unpaired) electrons. The summed E-state index contributed by atoms with van der Waals surface area (Å²) in [6, 6.07) is 13.3. The van der Waals surface area contributed by atoms with Gasteiger partial charge in [0.05, 0.1) is 14.2 Å². The molecule has 0 aliphatic heterocycles. The van der Waals surface area contributed by atoms with Crippen LogP contribution in [0.2, 0.25) is 0 Å². The number of hydrogen-bond acceptors (Lipinski definition) is 3. The first kappa shape index (κ1) is 18.9. The Labute approximate surface area is 159 Å². The predicted molar refractivity (Wildman–Crippen MR) is 105 cm³/mol. The molecule has 1 atom stereocenters. The summed E-state index contributed by atoms with van der Waals surface area (Å²) in [6.45, 7) is 0.428. The number of aryl methyl sites for hydroxylation is 2. The number of fused-ring (bicyclic) bond motifs is 1. The van der Waals surface area contributed by atoms with Gasteiger partial charge in [-0.3, -0.25) is 9.59 Å². The second kappa shape index (κ2) is 8.68. The molecule has 0 aromatic heterocycles. The van der Waals surface area contributed by atoms with E-state index in [2.05, 4.69) is 22.8 Å². The molecular formula is C21H26N3O3+. The van der Waals surface area contributed by atoms with Gasteiger partial charge in [-0.25, -0.2) is 0 Å². The third-order valence-corrected chi connectivity index (χ3v) is 4.66. The van der Waals surface area contributed by atoms with Crippen molar-refractivity contribution < 1.29 is 19.2 Å². The summed E-state index contributed by atoms with van der Waals surface area (Å²) >= 11 is 0. The van der Waals surface area contributed by atoms with E-state index in [4.69, 9.17) is 4.74 Å². The third-order valence-electron chi connectivity index (χ3n) is 4.66. The minimum Gasteiger partial charge on any atom is -0.497 e. The van der Waals surface area contributed by atoms with Crippen molar-refractivity contribution in [3.8, 4) is 5.75 Å². The lowest BCUT2D eigenvalue weighted by atomic mass is 10.1. The first-order chi connectivity index (χ1) is 13.0. The van der Waals surface area contributed by atoms with E-state index < -0.39 is 0 Å². The van der Waals surface area contributed by atoms with Gasteiger partial charge in [0.1, 0.15) is 5.75 Å². The Kier molecular flexibility index (Phi) is 6.08. The topological polar surface area (TPSA) is 71.9 Å². The predicted octanol–water partition coefficient (Wildman–Crippen LogP) is 1.28. The zero-order chi connectivity index (χ0) is 19.2. The van der Waals surface area contributed by atoms with Crippen LogP contribution in [0, 0.1) is 0 Å². The van der Waals surface area contributed by atoms with Crippen molar-refractivity contribution in [1.29, 1.82) is 0 Å². The van der Waals surface area contributed by atoms with E-state index in [0.29, 0.717) is 11.4 Å². The molecule has 0 heterocycles. The maximum atomic E-state index is 12.3. The molecule has 3 rings (SSSR count). The van der Waals surface area contributed by atoms with Crippen LogP contribution in [0.4, 0.5) is 11.4 Å². The fourth-order valence-corrected chi connectivity index (χ4v) is 3.37. The van der Waals surface area contributed by atoms with Gasteiger partial charge >= 0.3 is 0 Å². The molecule has 6 heteroatoms. The molecular weight excluding hydrogens is 342 g/mol. The minimum atomic E-state index is -0.147. The monoisotopic (exact) mass is 368 g/mol. The number of ether oxygens (including phenoxy) is 1. The largest absolute Gasteiger partial charge is 0.497 e. The average Bonchev–Trinajstić information content (AvgIpc) is 3.09. The summed E-state index contributed by atoms with van der Waals surface area (Å²) in [6.07, 6.45) is 3.38. The second-order valence-electron chi connectivity index (χ2n) is 6.98. The van der Waals surface area contributed by atoms with Gasteiger partial charge in [-0.15, -0.1) is 0 Å². The molecule has 1 aliphatic rings. The van der Waals surface area contributed by atoms with Gasteiger partial charge in [0, 0.05) is 17.4 Å². The molecule has 6 nitrogen and oxygen atoms in total. The SMILES string of the molecule is COc1cccc(NC(=O)C[NH+](C)CC(=O)Nc2ccc3c(c2)CCC3)c1. The van der Waals surface area contributed by atoms with Gasteiger partial charge in [0.25, 0.3) is 11.8 Å². The van der Waals surface area contributed by atoms with Gasteiger partial charge in [0.2, 0.25) is 0 Å². The standard InChI is InChI=1S/C21H25N3O3/c1-24(13-20(25)22-17-7-4-8-19(12-17)27-2)14-21(26)23-18-10-9-15-5-3-6-16(15)11-18/h4,7-12H,3,5-6,13-14H2,1-2H3,(H,22,25)(H,23,26)/p+1. The van der Waals surface area contributed by atoms with Gasteiger partial charge in [0.15, 0.2) is 13.1 Å². The molecule has 0 saturated heterocycles. The van der Waals surface area contributed by atoms with E-state index in [1.807, 2.05) is 25.2 Å². The van der Waals surface area contributed by atoms with E-state index in [9.17, 15) is 9.59 Å². The number of anilines is 2. The van der Waals surface area contributed by atoms with Crippen LogP contribution in [0.15, 0.2) is 42.5 Å². The maximum Gasteiger partial charge on any atom is 0.279 e. The molecule has 27 heavy (non-hydrogen) atoms. The summed E-state index contributed by atoms with van der Waals surface area (Å²) < 4.78 is 5.14. The van der Waals surface area contributed by atoms with Crippen LogP contribution in [0.25, 0.3) is 0 Å². The summed E-state index contributed by atoms with van der Waals surface area (Å²) in [5, 5.41) is 5.76. The van der Waals surface area contributed by atoms with Gasteiger partial charge < -0.3 is 20.3 Å². The molecule has 2 aromatic rings. The lowest BCUT2D eigenvalue weighted by Gasteiger charge is -2.14. The average molecular weight is 368 g/mol. The van der Waals surface area contributed by atoms with Crippen LogP contribution < -0.4 is 20.3 Å². The number of likely N-dealkylation sites (N-methyl/N-ethyl adjacent to an activating group) is 1. The first-order valence-electron chi connectivity index (χ1n) is 9.20. The van der Waals surface area contributed by atoms with Crippen LogP contribution >= 0.6 is 0 Å². The van der Waals surface area contributed by atoms with Crippen molar-refractivity contribution in [2.24, 2.45) is 0 Å². The Morgan fingerprint density at radius 1 is 0.963 bits per heavy atom. The lowest BCUT2D eigenvalue weighted by molar-refractivity contribution is -0.862. The Morgan fingerprint density at radius 3 is 2.33 bits per heavy atom. The molecule has 142 valence electrons. The van der Waals surface area contributed by atoms with Crippen molar-refractivity contribution in [2.75, 3.05) is 37.9 Å². The zero-order valence-electron chi connectivity index (χ0n) is 15.8. The summed E-state index contributed by atoms with van der Waals surface area (Å²) in [4.78, 5) is 25.3. The van der Waals surface area contributed by atoms with Crippen LogP contribution in [-0.4, -0.2) is 39.1 Å². The lowest BCUT2D eigenvalue weighted by Crippen LogP contribution is -3.11. The van der Waals surface area contributed by atoms with E-state index in [-0.39, 0.29) is 24.9 Å². The van der Waals surface area contributed by atoms with Crippen molar-refractivity contribution in [3.63, 3.8) is 0 Å². The van der Waals surface area contributed by atoms with E-state index >= 15 is 0 Å². The van der Waals surface area contributed by atoms with E-state index in [1.165, 1.54) is 17.5 Å². The Morgan fingerprint density at radius 2 is 1.63 bits per heavy atom. The molecule has 0 saturated carbocycles. The van der Waals surface area contributed by atoms with Crippen LogP contribution in [0.1, 0.15) is 17.5 Å². The second-order valence-corrected chi connectivity index (χ2v) is 6.98. The van der Waals surface area contributed by atoms with Gasteiger partial charge in [-0.2, -0.15) is 0 Å². The molecule has 1 unspecified atom stereocenters. The summed E-state index contributed by atoms with van der Waals surface area (Å²) in [5.74, 6) is 0.438. The fraction of sp³-hybridized carbons (Fsp3) is 0.333. The van der Waals surface area contributed by atoms with E-state index in [1.54, 1.807) is 19.2 Å². The Balaban J connectivity index is 1.47. The van der Waals surface area contributed by atoms with E-state index in [0.717, 1.165) is 23.4 Å². The smallest absolute Gasteiger partial charge is 0.279 e. The number of nitrogens with one attached hydrogen (secondary N) is 3. The molecule has 0 fully saturated rings. The first-order valence-corrected chi connectivity index (χ1v) is 9.20. The van der Waals surface area contributed by atoms with Gasteiger partial charge in [-0.05, 0) is 54.7 Å². The van der Waals surface area contributed by atoms with Crippen molar-refractivity contribution in [2.45, 2.75) is 19.3 Å². The number of benzene rings is 2. The highest BCUT2D eigenvalue weighted by Crippen LogP contribution is 2.24. The summed E-state index contributed by atoms with van der Waals surface area (Å²) in [5.41, 5.74) is 4.21. The molecule has 1 aliphatic carbocycles. The van der Waals surface area contributed by atoms with Crippen LogP contribution in [-0.2, 0) is 22.4 Å². The maximum absolute atomic E-state index is 12.3. The Bertz CT molecular complexity index is 835.